The first-order valence-corrected chi connectivity index (χ1v) is 23.9. The number of rotatable bonds is 18. The number of nitrogen functional groups attached to an aromatic ring is 2. The Hall–Kier alpha value is -3.43. The molecule has 0 saturated carbocycles. The molecule has 342 valence electrons. The fraction of sp³-hybridized carbons (Fsp3) is 0.656. The van der Waals surface area contributed by atoms with E-state index in [0.717, 1.165) is 4.57 Å². The van der Waals surface area contributed by atoms with Gasteiger partial charge < -0.3 is 56.5 Å². The molecule has 5 rings (SSSR count). The van der Waals surface area contributed by atoms with Crippen molar-refractivity contribution in [2.75, 3.05) is 31.2 Å². The molecule has 0 aromatic carbocycles. The van der Waals surface area contributed by atoms with Crippen molar-refractivity contribution in [1.29, 1.82) is 0 Å². The summed E-state index contributed by atoms with van der Waals surface area (Å²) in [5, 5.41) is 12.0. The summed E-state index contributed by atoms with van der Waals surface area (Å²) in [7, 11) is -6.46. The predicted octanol–water partition coefficient (Wildman–Crippen LogP) is 2.30. The molecule has 29 heteroatoms. The van der Waals surface area contributed by atoms with Gasteiger partial charge >= 0.3 is 33.4 Å². The average molecular weight is 943 g/mol. The number of alkyl carbamates (subject to hydrolysis) is 1. The third-order valence-corrected chi connectivity index (χ3v) is 13.3. The molecule has 0 spiro atoms. The number of hydrogen-bond acceptors (Lipinski definition) is 20. The molecule has 25 nitrogen and oxygen atoms in total. The van der Waals surface area contributed by atoms with Gasteiger partial charge in [-0.2, -0.15) is 4.98 Å². The zero-order valence-electron chi connectivity index (χ0n) is 33.8. The van der Waals surface area contributed by atoms with E-state index >= 15 is 0 Å². The Labute approximate surface area is 357 Å². The zero-order chi connectivity index (χ0) is 45.3. The lowest BCUT2D eigenvalue weighted by molar-refractivity contribution is -0.139. The summed E-state index contributed by atoms with van der Waals surface area (Å²) in [5.41, 5.74) is 16.5. The fourth-order valence-electron chi connectivity index (χ4n) is 5.72. The number of anilines is 2. The van der Waals surface area contributed by atoms with Gasteiger partial charge in [0.05, 0.1) is 25.6 Å². The highest BCUT2D eigenvalue weighted by Crippen LogP contribution is 2.49. The van der Waals surface area contributed by atoms with Gasteiger partial charge in [-0.1, -0.05) is 35.4 Å². The van der Waals surface area contributed by atoms with Gasteiger partial charge in [0.1, 0.15) is 54.0 Å². The van der Waals surface area contributed by atoms with Crippen LogP contribution in [0.4, 0.5) is 16.4 Å². The Morgan fingerprint density at radius 2 is 1.75 bits per heavy atom. The number of carboxylic acid groups (broad SMARTS) is 1. The number of carboxylic acids is 1. The van der Waals surface area contributed by atoms with Crippen molar-refractivity contribution >= 4 is 72.1 Å². The summed E-state index contributed by atoms with van der Waals surface area (Å²) >= 11 is 0. The average Bonchev–Trinajstić information content (AvgIpc) is 3.89. The number of phosphoric acid groups is 2. The van der Waals surface area contributed by atoms with Crippen LogP contribution in [0, 0.1) is 0 Å². The summed E-state index contributed by atoms with van der Waals surface area (Å²) < 4.78 is 58.4. The quantitative estimate of drug-likeness (QED) is 0.0670. The van der Waals surface area contributed by atoms with E-state index in [0.29, 0.717) is 35.8 Å². The van der Waals surface area contributed by atoms with Crippen LogP contribution in [0.3, 0.4) is 0 Å². The van der Waals surface area contributed by atoms with E-state index in [1.54, 1.807) is 46.9 Å². The molecule has 0 radical (unpaired) electrons. The van der Waals surface area contributed by atoms with Crippen LogP contribution in [0.15, 0.2) is 29.7 Å². The zero-order valence-corrected chi connectivity index (χ0v) is 37.2. The van der Waals surface area contributed by atoms with Crippen LogP contribution >= 0.6 is 37.2 Å². The molecule has 5 heterocycles. The van der Waals surface area contributed by atoms with Crippen LogP contribution in [0.2, 0.25) is 0 Å². The molecule has 7 unspecified atom stereocenters. The molecular weight excluding hydrogens is 890 g/mol. The first kappa shape index (κ1) is 50.2. The van der Waals surface area contributed by atoms with Gasteiger partial charge in [0.2, 0.25) is 0 Å². The third kappa shape index (κ3) is 16.0. The second-order valence-corrected chi connectivity index (χ2v) is 20.6. The smallest absolute Gasteiger partial charge is 0.472 e. The van der Waals surface area contributed by atoms with Crippen LogP contribution in [-0.2, 0) is 41.7 Å². The molecular formula is C32H52N10O15P2S2. The van der Waals surface area contributed by atoms with Crippen molar-refractivity contribution in [3.8, 4) is 0 Å². The summed E-state index contributed by atoms with van der Waals surface area (Å²) in [4.78, 5) is 79.6. The largest absolute Gasteiger partial charge is 0.480 e. The molecule has 2 aliphatic heterocycles. The molecule has 0 aliphatic carbocycles. The Morgan fingerprint density at radius 3 is 2.38 bits per heavy atom. The van der Waals surface area contributed by atoms with E-state index in [4.69, 9.17) is 50.2 Å². The molecule has 0 bridgehead atoms. The molecule has 61 heavy (non-hydrogen) atoms. The van der Waals surface area contributed by atoms with Crippen molar-refractivity contribution in [2.45, 2.75) is 113 Å². The van der Waals surface area contributed by atoms with Crippen molar-refractivity contribution < 1.29 is 66.3 Å². The van der Waals surface area contributed by atoms with Gasteiger partial charge in [0.15, 0.2) is 11.5 Å². The number of fused-ring (bicyclic) bond motifs is 1. The van der Waals surface area contributed by atoms with Gasteiger partial charge in [0, 0.05) is 29.7 Å². The summed E-state index contributed by atoms with van der Waals surface area (Å²) in [5.74, 6) is -0.897. The minimum Gasteiger partial charge on any atom is -0.480 e. The number of hydrogen-bond donors (Lipinski definition) is 8. The molecule has 2 fully saturated rings. The maximum Gasteiger partial charge on any atom is 0.472 e. The molecule has 2 saturated heterocycles. The van der Waals surface area contributed by atoms with E-state index in [-0.39, 0.29) is 36.3 Å². The van der Waals surface area contributed by atoms with Crippen molar-refractivity contribution in [1.82, 2.24) is 34.4 Å². The van der Waals surface area contributed by atoms with Crippen LogP contribution in [0.1, 0.15) is 72.8 Å². The number of ether oxygens (including phenoxy) is 3. The summed E-state index contributed by atoms with van der Waals surface area (Å²) in [6, 6.07) is 0.331. The number of amides is 1. The number of aliphatic carboxylic acids is 1. The third-order valence-electron chi connectivity index (χ3n) is 8.36. The van der Waals surface area contributed by atoms with Crippen LogP contribution in [-0.4, -0.2) is 121 Å². The first-order chi connectivity index (χ1) is 28.4. The highest BCUT2D eigenvalue weighted by molar-refractivity contribution is 8.77. The number of carbonyl (C=O) groups is 2. The van der Waals surface area contributed by atoms with E-state index in [2.05, 4.69) is 43.6 Å². The van der Waals surface area contributed by atoms with E-state index in [9.17, 15) is 33.5 Å². The number of carbonyl (C=O) groups excluding carboxylic acids is 1. The number of nitrogens with one attached hydrogen (secondary N) is 1. The van der Waals surface area contributed by atoms with E-state index in [1.165, 1.54) is 24.9 Å². The SMILES string of the molecule is CC(C)SSC(CN)CC(NC(=O)OC(C)(C)C)C(=O)O.Nc1ccn(C2C[C@H](OP(=O)(O)OCC3CCC(n4cnc5c(N)ncnc54)O3)C(COP(=O)(O)O)O2)c(=O)n1. The van der Waals surface area contributed by atoms with Gasteiger partial charge in [-0.25, -0.2) is 38.5 Å². The van der Waals surface area contributed by atoms with Gasteiger partial charge in [-0.15, -0.1) is 0 Å². The Kier molecular flexibility index (Phi) is 17.9. The normalized spacial score (nSPS) is 22.6. The summed E-state index contributed by atoms with van der Waals surface area (Å²) in [6.07, 6.45) is -0.124. The Morgan fingerprint density at radius 1 is 1.03 bits per heavy atom. The number of nitrogens with two attached hydrogens (primary N) is 3. The molecule has 8 atom stereocenters. The van der Waals surface area contributed by atoms with E-state index < -0.39 is 82.4 Å². The number of aromatic nitrogens is 6. The molecule has 3 aromatic rings. The fourth-order valence-corrected chi connectivity index (χ4v) is 9.38. The van der Waals surface area contributed by atoms with Crippen molar-refractivity contribution in [3.05, 3.63) is 35.4 Å². The van der Waals surface area contributed by atoms with Crippen LogP contribution in [0.5, 0.6) is 0 Å². The minimum atomic E-state index is -4.91. The monoisotopic (exact) mass is 942 g/mol. The van der Waals surface area contributed by atoms with Gasteiger partial charge in [-0.3, -0.25) is 22.7 Å². The standard InChI is InChI=1S/C19H26N8O11P2.C13H26N2O4S2/c20-13-3-4-26(19(28)25-13)15-5-11(12(37-15)7-34-39(29,30)31)38-40(32,33)35-6-10-1-2-14(36-10)27-9-24-16-17(21)22-8-23-18(16)27;1-8(2)20-21-9(7-14)6-10(11(16)17)15-12(18)19-13(3,4)5/h3-4,8-12,14-15H,1-2,5-7H2,(H,32,33)(H2,20,25,28)(H2,21,22,23)(H2,29,30,31);8-10H,6-7,14H2,1-5H3,(H,15,18)(H,16,17)/t10?,11-,12?,14?,15?;/m0./s1. The lowest BCUT2D eigenvalue weighted by Gasteiger charge is -2.24. The Bertz CT molecular complexity index is 2110. The maximum absolute atomic E-state index is 12.8. The van der Waals surface area contributed by atoms with Gasteiger partial charge in [-0.05, 0) is 46.1 Å². The second-order valence-electron chi connectivity index (χ2n) is 14.8. The summed E-state index contributed by atoms with van der Waals surface area (Å²) in [6.45, 7) is 8.61. The maximum atomic E-state index is 12.8. The highest BCUT2D eigenvalue weighted by Gasteiger charge is 2.43. The van der Waals surface area contributed by atoms with Crippen LogP contribution < -0.4 is 28.2 Å². The molecule has 3 aromatic heterocycles. The molecule has 11 N–H and O–H groups in total. The predicted molar refractivity (Wildman–Crippen MR) is 222 cm³/mol. The minimum absolute atomic E-state index is 0.0308. The lowest BCUT2D eigenvalue weighted by atomic mass is 10.1. The van der Waals surface area contributed by atoms with E-state index in [1.807, 2.05) is 0 Å². The Balaban J connectivity index is 0.000000332. The highest BCUT2D eigenvalue weighted by atomic mass is 33.1. The first-order valence-electron chi connectivity index (χ1n) is 18.6. The van der Waals surface area contributed by atoms with Crippen molar-refractivity contribution in [2.24, 2.45) is 5.73 Å². The molecule has 1 amide bonds. The lowest BCUT2D eigenvalue weighted by Crippen LogP contribution is -2.45. The van der Waals surface area contributed by atoms with Crippen molar-refractivity contribution in [3.63, 3.8) is 0 Å². The number of imidazole rings is 1. The second kappa shape index (κ2) is 21.8. The topological polar surface area (TPSA) is 373 Å². The van der Waals surface area contributed by atoms with Gasteiger partial charge in [0.25, 0.3) is 0 Å². The number of nitrogens with zero attached hydrogens (tertiary/aromatic N) is 6. The number of phosphoric ester groups is 2. The molecule has 2 aliphatic rings. The van der Waals surface area contributed by atoms with Crippen LogP contribution in [0.25, 0.3) is 11.2 Å².